The van der Waals surface area contributed by atoms with Gasteiger partial charge in [0.05, 0.1) is 0 Å². The number of hydrogen-bond acceptors (Lipinski definition) is 3. The molecule has 4 heteroatoms. The summed E-state index contributed by atoms with van der Waals surface area (Å²) in [4.78, 5) is 12.3. The summed E-state index contributed by atoms with van der Waals surface area (Å²) in [6.45, 7) is 1.87. The fourth-order valence-corrected chi connectivity index (χ4v) is 2.75. The van der Waals surface area contributed by atoms with Crippen molar-refractivity contribution in [2.75, 3.05) is 20.1 Å². The maximum absolute atomic E-state index is 13.1. The van der Waals surface area contributed by atoms with E-state index in [0.717, 1.165) is 25.9 Å². The molecular weight excluding hydrogens is 231 g/mol. The molecule has 0 spiro atoms. The molecular formula is C14H21FN2O. The molecule has 2 rings (SSSR count). The van der Waals surface area contributed by atoms with Gasteiger partial charge in [0.2, 0.25) is 0 Å². The highest BCUT2D eigenvalue weighted by Crippen LogP contribution is 2.27. The van der Waals surface area contributed by atoms with Gasteiger partial charge in [-0.25, -0.2) is 4.39 Å². The van der Waals surface area contributed by atoms with Gasteiger partial charge < -0.3 is 10.6 Å². The lowest BCUT2D eigenvalue weighted by Crippen LogP contribution is -2.52. The van der Waals surface area contributed by atoms with E-state index in [-0.39, 0.29) is 23.1 Å². The van der Waals surface area contributed by atoms with Crippen LogP contribution in [0.1, 0.15) is 25.7 Å². The van der Waals surface area contributed by atoms with Crippen molar-refractivity contribution in [2.45, 2.75) is 31.2 Å². The Morgan fingerprint density at radius 1 is 1.56 bits per heavy atom. The molecule has 0 bridgehead atoms. The molecule has 1 saturated heterocycles. The van der Waals surface area contributed by atoms with Gasteiger partial charge in [-0.05, 0) is 51.6 Å². The Hall–Kier alpha value is -1.00. The molecule has 0 radical (unpaired) electrons. The first kappa shape index (κ1) is 13.4. The van der Waals surface area contributed by atoms with Crippen LogP contribution in [0.15, 0.2) is 24.1 Å². The monoisotopic (exact) mass is 252 g/mol. The predicted molar refractivity (Wildman–Crippen MR) is 70.0 cm³/mol. The normalized spacial score (nSPS) is 26.8. The third kappa shape index (κ3) is 3.06. The van der Waals surface area contributed by atoms with Gasteiger partial charge in [0.1, 0.15) is 11.6 Å². The summed E-state index contributed by atoms with van der Waals surface area (Å²) >= 11 is 0. The summed E-state index contributed by atoms with van der Waals surface area (Å²) in [5, 5.41) is 6.60. The number of carbonyl (C=O) groups is 1. The molecule has 1 aliphatic carbocycles. The van der Waals surface area contributed by atoms with Crippen LogP contribution in [0.5, 0.6) is 0 Å². The number of rotatable bonds is 4. The van der Waals surface area contributed by atoms with E-state index >= 15 is 0 Å². The summed E-state index contributed by atoms with van der Waals surface area (Å²) in [6.07, 6.45) is 7.65. The summed E-state index contributed by atoms with van der Waals surface area (Å²) in [5.74, 6) is -0.427. The maximum Gasteiger partial charge on any atom is 0.141 e. The molecule has 2 N–H and O–H groups in total. The third-order valence-corrected chi connectivity index (χ3v) is 4.04. The van der Waals surface area contributed by atoms with Crippen LogP contribution < -0.4 is 10.6 Å². The van der Waals surface area contributed by atoms with Crippen LogP contribution in [-0.2, 0) is 4.79 Å². The Bertz CT molecular complexity index is 370. The zero-order valence-corrected chi connectivity index (χ0v) is 10.8. The summed E-state index contributed by atoms with van der Waals surface area (Å²) in [5.41, 5.74) is -0.103. The highest BCUT2D eigenvalue weighted by atomic mass is 19.1. The number of Topliss-reactive ketones (excluding diaryl/α,β-unsaturated/α-hetero) is 1. The van der Waals surface area contributed by atoms with Crippen molar-refractivity contribution in [1.29, 1.82) is 0 Å². The largest absolute Gasteiger partial charge is 0.317 e. The molecule has 1 aliphatic heterocycles. The van der Waals surface area contributed by atoms with Gasteiger partial charge in [0.15, 0.2) is 0 Å². The Balaban J connectivity index is 1.99. The van der Waals surface area contributed by atoms with E-state index in [1.165, 1.54) is 12.2 Å². The molecule has 0 aromatic heterocycles. The Morgan fingerprint density at radius 3 is 2.89 bits per heavy atom. The van der Waals surface area contributed by atoms with Gasteiger partial charge in [-0.3, -0.25) is 4.79 Å². The fourth-order valence-electron chi connectivity index (χ4n) is 2.75. The topological polar surface area (TPSA) is 41.1 Å². The van der Waals surface area contributed by atoms with Gasteiger partial charge in [0.25, 0.3) is 0 Å². The van der Waals surface area contributed by atoms with E-state index in [1.54, 1.807) is 6.08 Å². The molecule has 18 heavy (non-hydrogen) atoms. The lowest BCUT2D eigenvalue weighted by atomic mass is 9.80. The molecule has 0 saturated carbocycles. The van der Waals surface area contributed by atoms with Gasteiger partial charge in [-0.1, -0.05) is 6.08 Å². The highest BCUT2D eigenvalue weighted by Gasteiger charge is 2.34. The minimum absolute atomic E-state index is 0.103. The van der Waals surface area contributed by atoms with E-state index in [2.05, 4.69) is 10.6 Å². The van der Waals surface area contributed by atoms with Gasteiger partial charge >= 0.3 is 0 Å². The minimum atomic E-state index is -0.289. The number of allylic oxidation sites excluding steroid dienone is 4. The first-order valence-corrected chi connectivity index (χ1v) is 6.61. The number of halogens is 1. The van der Waals surface area contributed by atoms with Crippen LogP contribution in [0.25, 0.3) is 0 Å². The standard InChI is InChI=1S/C14H21FN2O/c1-16-14(5-7-17-8-6-14)10-13(18)11-3-2-4-12(15)9-11/h2,4,9,11,16-17H,3,5-8,10H2,1H3. The van der Waals surface area contributed by atoms with Crippen molar-refractivity contribution < 1.29 is 9.18 Å². The first-order valence-electron chi connectivity index (χ1n) is 6.61. The SMILES string of the molecule is CNC1(CC(=O)C2C=C(F)C=CC2)CCNCC1. The molecule has 100 valence electrons. The molecule has 0 aromatic rings. The first-order chi connectivity index (χ1) is 8.65. The van der Waals surface area contributed by atoms with Crippen molar-refractivity contribution in [3.63, 3.8) is 0 Å². The van der Waals surface area contributed by atoms with Crippen molar-refractivity contribution in [2.24, 2.45) is 5.92 Å². The lowest BCUT2D eigenvalue weighted by Gasteiger charge is -2.37. The molecule has 1 atom stereocenters. The van der Waals surface area contributed by atoms with E-state index < -0.39 is 0 Å². The van der Waals surface area contributed by atoms with Crippen molar-refractivity contribution >= 4 is 5.78 Å². The predicted octanol–water partition coefficient (Wildman–Crippen LogP) is 1.72. The van der Waals surface area contributed by atoms with Crippen LogP contribution >= 0.6 is 0 Å². The van der Waals surface area contributed by atoms with E-state index in [0.29, 0.717) is 12.8 Å². The van der Waals surface area contributed by atoms with Crippen molar-refractivity contribution in [3.05, 3.63) is 24.1 Å². The van der Waals surface area contributed by atoms with Crippen LogP contribution in [-0.4, -0.2) is 31.5 Å². The van der Waals surface area contributed by atoms with Crippen LogP contribution in [0.4, 0.5) is 4.39 Å². The molecule has 1 heterocycles. The average Bonchev–Trinajstić information content (AvgIpc) is 2.40. The zero-order valence-electron chi connectivity index (χ0n) is 10.8. The summed E-state index contributed by atoms with van der Waals surface area (Å²) in [7, 11) is 1.91. The molecule has 2 aliphatic rings. The number of ketones is 1. The summed E-state index contributed by atoms with van der Waals surface area (Å²) < 4.78 is 13.1. The second-order valence-electron chi connectivity index (χ2n) is 5.22. The third-order valence-electron chi connectivity index (χ3n) is 4.04. The molecule has 1 fully saturated rings. The average molecular weight is 252 g/mol. The van der Waals surface area contributed by atoms with Crippen LogP contribution in [0.3, 0.4) is 0 Å². The molecule has 0 aromatic carbocycles. The van der Waals surface area contributed by atoms with E-state index in [9.17, 15) is 9.18 Å². The van der Waals surface area contributed by atoms with E-state index in [4.69, 9.17) is 0 Å². The number of hydrogen-bond donors (Lipinski definition) is 2. The number of piperidine rings is 1. The van der Waals surface area contributed by atoms with Crippen molar-refractivity contribution in [1.82, 2.24) is 10.6 Å². The molecule has 1 unspecified atom stereocenters. The van der Waals surface area contributed by atoms with E-state index in [1.807, 2.05) is 7.05 Å². The van der Waals surface area contributed by atoms with Gasteiger partial charge in [-0.15, -0.1) is 0 Å². The zero-order chi connectivity index (χ0) is 13.0. The smallest absolute Gasteiger partial charge is 0.141 e. The molecule has 0 amide bonds. The van der Waals surface area contributed by atoms with Gasteiger partial charge in [-0.2, -0.15) is 0 Å². The van der Waals surface area contributed by atoms with Crippen LogP contribution in [0.2, 0.25) is 0 Å². The quantitative estimate of drug-likeness (QED) is 0.800. The lowest BCUT2D eigenvalue weighted by molar-refractivity contribution is -0.123. The van der Waals surface area contributed by atoms with Gasteiger partial charge in [0, 0.05) is 17.9 Å². The van der Waals surface area contributed by atoms with Crippen molar-refractivity contribution in [3.8, 4) is 0 Å². The second kappa shape index (κ2) is 5.76. The molecule has 3 nitrogen and oxygen atoms in total. The number of nitrogens with one attached hydrogen (secondary N) is 2. The Kier molecular flexibility index (Phi) is 4.30. The number of carbonyl (C=O) groups excluding carboxylic acids is 1. The highest BCUT2D eigenvalue weighted by molar-refractivity contribution is 5.84. The maximum atomic E-state index is 13.1. The Morgan fingerprint density at radius 2 is 2.28 bits per heavy atom. The Labute approximate surface area is 108 Å². The summed E-state index contributed by atoms with van der Waals surface area (Å²) in [6, 6.07) is 0. The fraction of sp³-hybridized carbons (Fsp3) is 0.643. The van der Waals surface area contributed by atoms with Crippen LogP contribution in [0, 0.1) is 5.92 Å². The second-order valence-corrected chi connectivity index (χ2v) is 5.22. The minimum Gasteiger partial charge on any atom is -0.317 e.